The molecule has 1 heterocycles. The van der Waals surface area contributed by atoms with Crippen LogP contribution in [0.4, 0.5) is 4.79 Å². The molecule has 6 heteroatoms. The van der Waals surface area contributed by atoms with Gasteiger partial charge in [0.05, 0.1) is 12.7 Å². The minimum Gasteiger partial charge on any atom is -0.480 e. The first-order chi connectivity index (χ1) is 11.0. The molecule has 1 aliphatic rings. The van der Waals surface area contributed by atoms with E-state index in [2.05, 4.69) is 6.58 Å². The molecule has 2 rings (SSSR count). The number of aliphatic carboxylic acids is 1. The summed E-state index contributed by atoms with van der Waals surface area (Å²) in [5.41, 5.74) is 1.65. The molecule has 0 unspecified atom stereocenters. The van der Waals surface area contributed by atoms with Crippen LogP contribution in [0.3, 0.4) is 0 Å². The summed E-state index contributed by atoms with van der Waals surface area (Å²) < 4.78 is 10.8. The number of rotatable bonds is 5. The fourth-order valence-electron chi connectivity index (χ4n) is 2.55. The molecule has 6 nitrogen and oxygen atoms in total. The predicted molar refractivity (Wildman–Crippen MR) is 83.9 cm³/mol. The van der Waals surface area contributed by atoms with Crippen LogP contribution in [0.1, 0.15) is 18.9 Å². The third-order valence-electron chi connectivity index (χ3n) is 3.59. The van der Waals surface area contributed by atoms with E-state index in [0.29, 0.717) is 6.42 Å². The van der Waals surface area contributed by atoms with Crippen molar-refractivity contribution >= 4 is 12.1 Å². The number of hydrogen-bond acceptors (Lipinski definition) is 4. The first-order valence-corrected chi connectivity index (χ1v) is 7.45. The standard InChI is InChI=1S/C17H21NO5/c1-12(2)10-14-15(16(19)20)18(8-9-22-14)17(21)23-11-13-6-4-3-5-7-13/h3-7,14-15H,1,8-11H2,2H3,(H,19,20)/t14-,15+/m1/s1. The molecule has 1 aromatic carbocycles. The van der Waals surface area contributed by atoms with Crippen molar-refractivity contribution in [3.05, 3.63) is 48.0 Å². The molecule has 0 saturated carbocycles. The van der Waals surface area contributed by atoms with Crippen molar-refractivity contribution in [1.82, 2.24) is 4.90 Å². The molecular formula is C17H21NO5. The van der Waals surface area contributed by atoms with E-state index in [1.165, 1.54) is 4.90 Å². The molecular weight excluding hydrogens is 298 g/mol. The highest BCUT2D eigenvalue weighted by Gasteiger charge is 2.41. The molecule has 124 valence electrons. The predicted octanol–water partition coefficient (Wildman–Crippen LogP) is 2.44. The Morgan fingerprint density at radius 1 is 1.39 bits per heavy atom. The van der Waals surface area contributed by atoms with Crippen molar-refractivity contribution in [2.45, 2.75) is 32.1 Å². The van der Waals surface area contributed by atoms with Crippen LogP contribution in [0.5, 0.6) is 0 Å². The lowest BCUT2D eigenvalue weighted by molar-refractivity contribution is -0.155. The number of ether oxygens (including phenoxy) is 2. The maximum absolute atomic E-state index is 12.3. The second-order valence-corrected chi connectivity index (χ2v) is 5.59. The number of carboxylic acid groups (broad SMARTS) is 1. The Morgan fingerprint density at radius 2 is 2.09 bits per heavy atom. The number of nitrogens with zero attached hydrogens (tertiary/aromatic N) is 1. The van der Waals surface area contributed by atoms with Crippen LogP contribution in [0, 0.1) is 0 Å². The third-order valence-corrected chi connectivity index (χ3v) is 3.59. The van der Waals surface area contributed by atoms with Gasteiger partial charge in [-0.1, -0.05) is 35.9 Å². The Hall–Kier alpha value is -2.34. The molecule has 0 spiro atoms. The maximum Gasteiger partial charge on any atom is 0.411 e. The van der Waals surface area contributed by atoms with Gasteiger partial charge in [0.15, 0.2) is 6.04 Å². The minimum absolute atomic E-state index is 0.106. The fraction of sp³-hybridized carbons (Fsp3) is 0.412. The van der Waals surface area contributed by atoms with Crippen molar-refractivity contribution in [2.75, 3.05) is 13.2 Å². The number of carbonyl (C=O) groups is 2. The second kappa shape index (κ2) is 7.78. The summed E-state index contributed by atoms with van der Waals surface area (Å²) in [4.78, 5) is 25.1. The van der Waals surface area contributed by atoms with Gasteiger partial charge < -0.3 is 14.6 Å². The summed E-state index contributed by atoms with van der Waals surface area (Å²) in [6, 6.07) is 8.18. The zero-order chi connectivity index (χ0) is 16.8. The Labute approximate surface area is 135 Å². The normalized spacial score (nSPS) is 20.8. The molecule has 1 aromatic rings. The largest absolute Gasteiger partial charge is 0.480 e. The van der Waals surface area contributed by atoms with E-state index in [4.69, 9.17) is 9.47 Å². The molecule has 1 amide bonds. The Morgan fingerprint density at radius 3 is 2.70 bits per heavy atom. The lowest BCUT2D eigenvalue weighted by atomic mass is 10.0. The number of hydrogen-bond donors (Lipinski definition) is 1. The summed E-state index contributed by atoms with van der Waals surface area (Å²) in [7, 11) is 0. The first kappa shape index (κ1) is 17.0. The van der Waals surface area contributed by atoms with Crippen LogP contribution in [0.15, 0.2) is 42.5 Å². The van der Waals surface area contributed by atoms with E-state index in [0.717, 1.165) is 11.1 Å². The van der Waals surface area contributed by atoms with Crippen LogP contribution < -0.4 is 0 Å². The van der Waals surface area contributed by atoms with E-state index < -0.39 is 24.2 Å². The van der Waals surface area contributed by atoms with Crippen LogP contribution in [0.2, 0.25) is 0 Å². The number of morpholine rings is 1. The lowest BCUT2D eigenvalue weighted by Gasteiger charge is -2.38. The molecule has 0 aliphatic carbocycles. The highest BCUT2D eigenvalue weighted by atomic mass is 16.6. The van der Waals surface area contributed by atoms with Gasteiger partial charge in [0.1, 0.15) is 6.61 Å². The summed E-state index contributed by atoms with van der Waals surface area (Å²) >= 11 is 0. The zero-order valence-corrected chi connectivity index (χ0v) is 13.1. The third kappa shape index (κ3) is 4.56. The lowest BCUT2D eigenvalue weighted by Crippen LogP contribution is -2.57. The maximum atomic E-state index is 12.3. The Balaban J connectivity index is 2.04. The summed E-state index contributed by atoms with van der Waals surface area (Å²) in [5, 5.41) is 9.47. The second-order valence-electron chi connectivity index (χ2n) is 5.59. The Bertz CT molecular complexity index is 572. The van der Waals surface area contributed by atoms with Crippen molar-refractivity contribution in [1.29, 1.82) is 0 Å². The van der Waals surface area contributed by atoms with Gasteiger partial charge in [0.2, 0.25) is 0 Å². The monoisotopic (exact) mass is 319 g/mol. The molecule has 1 aliphatic heterocycles. The van der Waals surface area contributed by atoms with E-state index >= 15 is 0 Å². The van der Waals surface area contributed by atoms with E-state index in [9.17, 15) is 14.7 Å². The van der Waals surface area contributed by atoms with Gasteiger partial charge in [-0.3, -0.25) is 4.90 Å². The quantitative estimate of drug-likeness (QED) is 0.844. The molecule has 0 bridgehead atoms. The van der Waals surface area contributed by atoms with Gasteiger partial charge in [-0.15, -0.1) is 6.58 Å². The van der Waals surface area contributed by atoms with E-state index in [1.54, 1.807) is 6.92 Å². The number of amides is 1. The molecule has 1 saturated heterocycles. The van der Waals surface area contributed by atoms with Gasteiger partial charge in [0.25, 0.3) is 0 Å². The Kier molecular flexibility index (Phi) is 5.76. The fourth-order valence-corrected chi connectivity index (χ4v) is 2.55. The van der Waals surface area contributed by atoms with Gasteiger partial charge in [0, 0.05) is 6.54 Å². The summed E-state index contributed by atoms with van der Waals surface area (Å²) in [6.45, 7) is 6.16. The molecule has 0 radical (unpaired) electrons. The molecule has 1 fully saturated rings. The van der Waals surface area contributed by atoms with Gasteiger partial charge >= 0.3 is 12.1 Å². The van der Waals surface area contributed by atoms with Crippen molar-refractivity contribution in [2.24, 2.45) is 0 Å². The van der Waals surface area contributed by atoms with Crippen LogP contribution in [-0.4, -0.2) is 47.4 Å². The molecule has 23 heavy (non-hydrogen) atoms. The molecule has 1 N–H and O–H groups in total. The smallest absolute Gasteiger partial charge is 0.411 e. The van der Waals surface area contributed by atoms with Gasteiger partial charge in [-0.25, -0.2) is 9.59 Å². The van der Waals surface area contributed by atoms with Crippen molar-refractivity contribution in [3.8, 4) is 0 Å². The van der Waals surface area contributed by atoms with Crippen LogP contribution in [-0.2, 0) is 20.9 Å². The first-order valence-electron chi connectivity index (χ1n) is 7.45. The SMILES string of the molecule is C=C(C)C[C@H]1OCCN(C(=O)OCc2ccccc2)[C@@H]1C(=O)O. The average Bonchev–Trinajstić information content (AvgIpc) is 2.52. The topological polar surface area (TPSA) is 76.1 Å². The zero-order valence-electron chi connectivity index (χ0n) is 13.1. The summed E-state index contributed by atoms with van der Waals surface area (Å²) in [6.07, 6.45) is -0.862. The highest BCUT2D eigenvalue weighted by molar-refractivity contribution is 5.81. The van der Waals surface area contributed by atoms with Crippen LogP contribution >= 0.6 is 0 Å². The molecule has 0 aromatic heterocycles. The number of benzene rings is 1. The van der Waals surface area contributed by atoms with Gasteiger partial charge in [-0.2, -0.15) is 0 Å². The average molecular weight is 319 g/mol. The molecule has 2 atom stereocenters. The van der Waals surface area contributed by atoms with E-state index in [-0.39, 0.29) is 19.8 Å². The number of carboxylic acids is 1. The van der Waals surface area contributed by atoms with Crippen molar-refractivity contribution in [3.63, 3.8) is 0 Å². The van der Waals surface area contributed by atoms with E-state index in [1.807, 2.05) is 30.3 Å². The minimum atomic E-state index is -1.10. The van der Waals surface area contributed by atoms with Crippen molar-refractivity contribution < 1.29 is 24.2 Å². The number of carbonyl (C=O) groups excluding carboxylic acids is 1. The van der Waals surface area contributed by atoms with Gasteiger partial charge in [-0.05, 0) is 18.9 Å². The summed E-state index contributed by atoms with van der Waals surface area (Å²) in [5.74, 6) is -1.10. The van der Waals surface area contributed by atoms with Crippen LogP contribution in [0.25, 0.3) is 0 Å². The highest BCUT2D eigenvalue weighted by Crippen LogP contribution is 2.21.